The van der Waals surface area contributed by atoms with Crippen molar-refractivity contribution >= 4 is 0 Å². The molecule has 1 saturated carbocycles. The molecule has 0 radical (unpaired) electrons. The van der Waals surface area contributed by atoms with Crippen LogP contribution in [0.4, 0.5) is 0 Å². The van der Waals surface area contributed by atoms with E-state index in [2.05, 4.69) is 39.1 Å². The van der Waals surface area contributed by atoms with Crippen LogP contribution >= 0.6 is 0 Å². The number of pyridine rings is 1. The molecule has 0 saturated heterocycles. The van der Waals surface area contributed by atoms with E-state index in [1.807, 2.05) is 26.4 Å². The fraction of sp³-hybridized carbons (Fsp3) is 0.455. The lowest BCUT2D eigenvalue weighted by molar-refractivity contribution is 0.194. The van der Waals surface area contributed by atoms with E-state index in [-0.39, 0.29) is 0 Å². The normalized spacial score (nSPS) is 19.2. The summed E-state index contributed by atoms with van der Waals surface area (Å²) in [5, 5.41) is 14.5. The Hall–Kier alpha value is -2.80. The molecule has 1 aliphatic rings. The summed E-state index contributed by atoms with van der Waals surface area (Å²) >= 11 is 0. The SMILES string of the molecule is CCc1ccc(C2CC2COc2nc(C)ncc2-c2cn(C)nc2C(C)O)nc1. The van der Waals surface area contributed by atoms with Crippen LogP contribution in [0.2, 0.25) is 0 Å². The Morgan fingerprint density at radius 2 is 2.07 bits per heavy atom. The number of hydrogen-bond donors (Lipinski definition) is 1. The summed E-state index contributed by atoms with van der Waals surface area (Å²) in [6, 6.07) is 4.29. The van der Waals surface area contributed by atoms with E-state index >= 15 is 0 Å². The summed E-state index contributed by atoms with van der Waals surface area (Å²) in [4.78, 5) is 13.4. The van der Waals surface area contributed by atoms with Crippen molar-refractivity contribution in [2.45, 2.75) is 45.6 Å². The van der Waals surface area contributed by atoms with Crippen LogP contribution in [-0.2, 0) is 13.5 Å². The zero-order valence-electron chi connectivity index (χ0n) is 17.3. The van der Waals surface area contributed by atoms with Gasteiger partial charge in [-0.25, -0.2) is 4.98 Å². The molecule has 29 heavy (non-hydrogen) atoms. The zero-order chi connectivity index (χ0) is 20.5. The summed E-state index contributed by atoms with van der Waals surface area (Å²) in [5.41, 5.74) is 4.53. The van der Waals surface area contributed by atoms with Crippen LogP contribution in [0.1, 0.15) is 55.1 Å². The van der Waals surface area contributed by atoms with Crippen LogP contribution in [0, 0.1) is 12.8 Å². The smallest absolute Gasteiger partial charge is 0.224 e. The molecule has 3 atom stereocenters. The van der Waals surface area contributed by atoms with Gasteiger partial charge in [-0.15, -0.1) is 0 Å². The first kappa shape index (κ1) is 19.5. The molecular weight excluding hydrogens is 366 g/mol. The standard InChI is InChI=1S/C22H27N5O2/c1-5-15-6-7-20(24-9-15)17-8-16(17)12-29-22-18(10-23-14(3)25-22)19-11-27(4)26-21(19)13(2)28/h6-7,9-11,13,16-17,28H,5,8,12H2,1-4H3. The lowest BCUT2D eigenvalue weighted by Crippen LogP contribution is -2.06. The minimum atomic E-state index is -0.690. The molecule has 0 spiro atoms. The first-order chi connectivity index (χ1) is 14.0. The van der Waals surface area contributed by atoms with Gasteiger partial charge in [0.15, 0.2) is 0 Å². The van der Waals surface area contributed by atoms with Crippen LogP contribution in [-0.4, -0.2) is 36.4 Å². The summed E-state index contributed by atoms with van der Waals surface area (Å²) < 4.78 is 7.82. The van der Waals surface area contributed by atoms with Gasteiger partial charge in [0.1, 0.15) is 5.82 Å². The number of nitrogens with zero attached hydrogens (tertiary/aromatic N) is 5. The van der Waals surface area contributed by atoms with Gasteiger partial charge in [-0.3, -0.25) is 9.67 Å². The van der Waals surface area contributed by atoms with Crippen LogP contribution in [0.3, 0.4) is 0 Å². The minimum Gasteiger partial charge on any atom is -0.477 e. The van der Waals surface area contributed by atoms with Crippen molar-refractivity contribution in [3.05, 3.63) is 53.5 Å². The largest absolute Gasteiger partial charge is 0.477 e. The number of hydrogen-bond acceptors (Lipinski definition) is 6. The van der Waals surface area contributed by atoms with Gasteiger partial charge in [0.05, 0.1) is 24.0 Å². The molecule has 152 valence electrons. The maximum Gasteiger partial charge on any atom is 0.224 e. The van der Waals surface area contributed by atoms with Gasteiger partial charge in [0.2, 0.25) is 5.88 Å². The Balaban J connectivity index is 1.51. The predicted molar refractivity (Wildman–Crippen MR) is 110 cm³/mol. The first-order valence-electron chi connectivity index (χ1n) is 10.1. The fourth-order valence-corrected chi connectivity index (χ4v) is 3.61. The van der Waals surface area contributed by atoms with E-state index in [1.54, 1.807) is 17.8 Å². The molecule has 3 aromatic rings. The van der Waals surface area contributed by atoms with Gasteiger partial charge < -0.3 is 9.84 Å². The summed E-state index contributed by atoms with van der Waals surface area (Å²) in [5.74, 6) is 2.06. The van der Waals surface area contributed by atoms with Crippen molar-refractivity contribution < 1.29 is 9.84 Å². The molecule has 1 N–H and O–H groups in total. The quantitative estimate of drug-likeness (QED) is 0.662. The number of aryl methyl sites for hydroxylation is 3. The molecule has 0 aliphatic heterocycles. The molecule has 3 unspecified atom stereocenters. The molecule has 1 aliphatic carbocycles. The lowest BCUT2D eigenvalue weighted by atomic mass is 10.1. The van der Waals surface area contributed by atoms with Crippen molar-refractivity contribution in [2.75, 3.05) is 6.61 Å². The first-order valence-corrected chi connectivity index (χ1v) is 10.1. The Kier molecular flexibility index (Phi) is 5.32. The molecule has 4 rings (SSSR count). The summed E-state index contributed by atoms with van der Waals surface area (Å²) in [7, 11) is 1.83. The third-order valence-corrected chi connectivity index (χ3v) is 5.41. The number of aromatic nitrogens is 5. The van der Waals surface area contributed by atoms with Crippen LogP contribution in [0.15, 0.2) is 30.7 Å². The number of rotatable bonds is 7. The fourth-order valence-electron chi connectivity index (χ4n) is 3.61. The molecule has 1 fully saturated rings. The van der Waals surface area contributed by atoms with Crippen molar-refractivity contribution in [1.82, 2.24) is 24.7 Å². The second kappa shape index (κ2) is 7.91. The van der Waals surface area contributed by atoms with Gasteiger partial charge >= 0.3 is 0 Å². The number of ether oxygens (including phenoxy) is 1. The minimum absolute atomic E-state index is 0.434. The summed E-state index contributed by atoms with van der Waals surface area (Å²) in [6.45, 7) is 6.26. The van der Waals surface area contributed by atoms with Crippen LogP contribution in [0.5, 0.6) is 5.88 Å². The topological polar surface area (TPSA) is 86.0 Å². The average molecular weight is 393 g/mol. The van der Waals surface area contributed by atoms with Crippen molar-refractivity contribution in [3.8, 4) is 17.0 Å². The Morgan fingerprint density at radius 3 is 2.76 bits per heavy atom. The molecule has 3 aromatic heterocycles. The van der Waals surface area contributed by atoms with E-state index in [0.29, 0.717) is 35.8 Å². The third kappa shape index (κ3) is 4.15. The highest BCUT2D eigenvalue weighted by molar-refractivity contribution is 5.69. The second-order valence-electron chi connectivity index (χ2n) is 7.77. The van der Waals surface area contributed by atoms with Crippen LogP contribution < -0.4 is 4.74 Å². The predicted octanol–water partition coefficient (Wildman–Crippen LogP) is 3.38. The Bertz CT molecular complexity index is 997. The average Bonchev–Trinajstić information content (AvgIpc) is 3.38. The van der Waals surface area contributed by atoms with E-state index in [0.717, 1.165) is 29.7 Å². The second-order valence-corrected chi connectivity index (χ2v) is 7.77. The maximum atomic E-state index is 10.1. The number of aliphatic hydroxyl groups excluding tert-OH is 1. The third-order valence-electron chi connectivity index (χ3n) is 5.41. The summed E-state index contributed by atoms with van der Waals surface area (Å²) in [6.07, 6.45) is 6.97. The Morgan fingerprint density at radius 1 is 1.24 bits per heavy atom. The number of aliphatic hydroxyl groups is 1. The van der Waals surface area contributed by atoms with Gasteiger partial charge in [-0.1, -0.05) is 13.0 Å². The molecule has 0 bridgehead atoms. The molecular formula is C22H27N5O2. The van der Waals surface area contributed by atoms with Crippen molar-refractivity contribution in [3.63, 3.8) is 0 Å². The monoisotopic (exact) mass is 393 g/mol. The van der Waals surface area contributed by atoms with Crippen LogP contribution in [0.25, 0.3) is 11.1 Å². The molecule has 0 amide bonds. The highest BCUT2D eigenvalue weighted by atomic mass is 16.5. The van der Waals surface area contributed by atoms with E-state index in [4.69, 9.17) is 4.74 Å². The molecule has 3 heterocycles. The highest BCUT2D eigenvalue weighted by Gasteiger charge is 2.40. The van der Waals surface area contributed by atoms with Gasteiger partial charge in [-0.05, 0) is 38.3 Å². The maximum absolute atomic E-state index is 10.1. The van der Waals surface area contributed by atoms with E-state index in [1.165, 1.54) is 5.56 Å². The highest BCUT2D eigenvalue weighted by Crippen LogP contribution is 2.47. The van der Waals surface area contributed by atoms with Crippen molar-refractivity contribution in [2.24, 2.45) is 13.0 Å². The zero-order valence-corrected chi connectivity index (χ0v) is 17.3. The van der Waals surface area contributed by atoms with E-state index in [9.17, 15) is 5.11 Å². The molecule has 0 aromatic carbocycles. The van der Waals surface area contributed by atoms with Gasteiger partial charge in [-0.2, -0.15) is 10.1 Å². The van der Waals surface area contributed by atoms with Gasteiger partial charge in [0.25, 0.3) is 0 Å². The molecule has 7 nitrogen and oxygen atoms in total. The van der Waals surface area contributed by atoms with E-state index < -0.39 is 6.10 Å². The lowest BCUT2D eigenvalue weighted by Gasteiger charge is -2.11. The molecule has 7 heteroatoms. The Labute approximate surface area is 170 Å². The van der Waals surface area contributed by atoms with Gasteiger partial charge in [0, 0.05) is 48.7 Å². The van der Waals surface area contributed by atoms with Crippen molar-refractivity contribution in [1.29, 1.82) is 0 Å².